The number of hydrogen-bond donors (Lipinski definition) is 1. The van der Waals surface area contributed by atoms with E-state index in [-0.39, 0.29) is 18.1 Å². The summed E-state index contributed by atoms with van der Waals surface area (Å²) < 4.78 is 7.13. The lowest BCUT2D eigenvalue weighted by Gasteiger charge is -2.49. The normalized spacial score (nSPS) is 27.7. The molecule has 1 N–H and O–H groups in total. The van der Waals surface area contributed by atoms with Crippen molar-refractivity contribution in [2.24, 2.45) is 5.92 Å². The molecular formula is C23H29N2O2+. The van der Waals surface area contributed by atoms with E-state index in [2.05, 4.69) is 24.5 Å². The van der Waals surface area contributed by atoms with Gasteiger partial charge in [0.15, 0.2) is 6.10 Å². The van der Waals surface area contributed by atoms with Crippen LogP contribution >= 0.6 is 0 Å². The minimum Gasteiger partial charge on any atom is -0.455 e. The van der Waals surface area contributed by atoms with E-state index in [0.29, 0.717) is 12.3 Å². The van der Waals surface area contributed by atoms with Crippen molar-refractivity contribution in [3.8, 4) is 0 Å². The zero-order valence-electron chi connectivity index (χ0n) is 16.0. The highest BCUT2D eigenvalue weighted by Crippen LogP contribution is 2.34. The van der Waals surface area contributed by atoms with E-state index >= 15 is 0 Å². The fourth-order valence-corrected chi connectivity index (χ4v) is 4.49. The van der Waals surface area contributed by atoms with Gasteiger partial charge in [-0.2, -0.15) is 0 Å². The highest BCUT2D eigenvalue weighted by molar-refractivity contribution is 5.80. The van der Waals surface area contributed by atoms with Gasteiger partial charge in [-0.3, -0.25) is 0 Å². The monoisotopic (exact) mass is 365 g/mol. The van der Waals surface area contributed by atoms with Gasteiger partial charge in [0.25, 0.3) is 0 Å². The zero-order valence-corrected chi connectivity index (χ0v) is 16.0. The largest absolute Gasteiger partial charge is 0.455 e. The molecule has 2 aromatic rings. The Balaban J connectivity index is 1.48. The second-order valence-corrected chi connectivity index (χ2v) is 8.31. The first-order valence-electron chi connectivity index (χ1n) is 10.0. The number of hydrogen-bond acceptors (Lipinski definition) is 3. The summed E-state index contributed by atoms with van der Waals surface area (Å²) in [6, 6.07) is 19.7. The predicted molar refractivity (Wildman–Crippen MR) is 107 cm³/mol. The number of nitrogens with one attached hydrogen (secondary N) is 1. The molecule has 27 heavy (non-hydrogen) atoms. The first-order chi connectivity index (χ1) is 13.1. The number of esters is 1. The molecule has 3 saturated heterocycles. The van der Waals surface area contributed by atoms with Gasteiger partial charge in [0.05, 0.1) is 20.1 Å². The number of carbonyl (C=O) groups is 1. The number of anilines is 1. The van der Waals surface area contributed by atoms with Crippen LogP contribution in [0.15, 0.2) is 60.7 Å². The van der Waals surface area contributed by atoms with Gasteiger partial charge in [-0.05, 0) is 17.7 Å². The number of carbonyl (C=O) groups excluding carboxylic acids is 1. The molecule has 0 saturated carbocycles. The van der Waals surface area contributed by atoms with Gasteiger partial charge < -0.3 is 14.5 Å². The maximum atomic E-state index is 13.1. The fraction of sp³-hybridized carbons (Fsp3) is 0.435. The summed E-state index contributed by atoms with van der Waals surface area (Å²) in [5, 5.41) is 3.39. The summed E-state index contributed by atoms with van der Waals surface area (Å²) in [4.78, 5) is 13.1. The molecule has 5 rings (SSSR count). The number of piperidine rings is 3. The van der Waals surface area contributed by atoms with Crippen molar-refractivity contribution >= 4 is 11.7 Å². The first kappa shape index (κ1) is 18.1. The number of likely N-dealkylation sites (N-methyl/N-ethyl adjacent to an activating group) is 1. The molecule has 2 atom stereocenters. The lowest BCUT2D eigenvalue weighted by atomic mass is 9.84. The number of nitrogens with zero attached hydrogens (tertiary/aromatic N) is 1. The van der Waals surface area contributed by atoms with Crippen LogP contribution in [0.2, 0.25) is 0 Å². The Morgan fingerprint density at radius 3 is 2.33 bits per heavy atom. The lowest BCUT2D eigenvalue weighted by Crippen LogP contribution is -2.62. The molecule has 3 aliphatic heterocycles. The molecule has 0 radical (unpaired) electrons. The maximum Gasteiger partial charge on any atom is 0.329 e. The number of benzene rings is 2. The van der Waals surface area contributed by atoms with Gasteiger partial charge in [-0.25, -0.2) is 4.79 Å². The molecule has 0 aliphatic carbocycles. The number of ether oxygens (including phenoxy) is 1. The van der Waals surface area contributed by atoms with Crippen molar-refractivity contribution in [3.63, 3.8) is 0 Å². The van der Waals surface area contributed by atoms with Crippen LogP contribution in [0.3, 0.4) is 0 Å². The van der Waals surface area contributed by atoms with E-state index in [1.807, 2.05) is 48.5 Å². The molecule has 2 bridgehead atoms. The summed E-state index contributed by atoms with van der Waals surface area (Å²) >= 11 is 0. The standard InChI is InChI=1S/C23H29N2O2/c1-25-14-12-19(13-15-25)22(17-25)27-23(26)21(16-18-8-4-2-5-9-18)24-20-10-6-3-7-11-20/h2-11,19,21-22,24H,12-17H2,1H3/q+1/t19?,21?,22-,25?/m0/s1. The summed E-state index contributed by atoms with van der Waals surface area (Å²) in [6.45, 7) is 3.39. The molecule has 1 unspecified atom stereocenters. The van der Waals surface area contributed by atoms with E-state index in [4.69, 9.17) is 4.74 Å². The van der Waals surface area contributed by atoms with Crippen molar-refractivity contribution in [2.75, 3.05) is 32.0 Å². The highest BCUT2D eigenvalue weighted by atomic mass is 16.5. The van der Waals surface area contributed by atoms with Crippen LogP contribution in [0.5, 0.6) is 0 Å². The Labute approximate surface area is 161 Å². The van der Waals surface area contributed by atoms with Gasteiger partial charge >= 0.3 is 5.97 Å². The summed E-state index contributed by atoms with van der Waals surface area (Å²) in [6.07, 6.45) is 3.02. The van der Waals surface area contributed by atoms with Crippen molar-refractivity contribution in [1.82, 2.24) is 0 Å². The van der Waals surface area contributed by atoms with E-state index in [1.165, 1.54) is 25.9 Å². The molecule has 0 aromatic heterocycles. The Morgan fingerprint density at radius 2 is 1.70 bits per heavy atom. The molecular weight excluding hydrogens is 336 g/mol. The predicted octanol–water partition coefficient (Wildman–Crippen LogP) is 3.49. The van der Waals surface area contributed by atoms with Gasteiger partial charge in [0.2, 0.25) is 0 Å². The van der Waals surface area contributed by atoms with Crippen LogP contribution in [0.25, 0.3) is 0 Å². The van der Waals surface area contributed by atoms with Crippen LogP contribution in [-0.2, 0) is 16.0 Å². The number of fused-ring (bicyclic) bond motifs is 3. The summed E-state index contributed by atoms with van der Waals surface area (Å²) in [5.74, 6) is 0.399. The molecule has 3 fully saturated rings. The number of para-hydroxylation sites is 1. The lowest BCUT2D eigenvalue weighted by molar-refractivity contribution is -0.928. The van der Waals surface area contributed by atoms with E-state index in [0.717, 1.165) is 22.3 Å². The van der Waals surface area contributed by atoms with Crippen molar-refractivity contribution in [1.29, 1.82) is 0 Å². The maximum absolute atomic E-state index is 13.1. The average Bonchev–Trinajstić information content (AvgIpc) is 2.69. The minimum atomic E-state index is -0.379. The third kappa shape index (κ3) is 4.33. The molecule has 2 aromatic carbocycles. The molecule has 3 heterocycles. The molecule has 4 nitrogen and oxygen atoms in total. The van der Waals surface area contributed by atoms with Crippen LogP contribution in [0.4, 0.5) is 5.69 Å². The summed E-state index contributed by atoms with van der Waals surface area (Å²) in [5.41, 5.74) is 2.08. The second-order valence-electron chi connectivity index (χ2n) is 8.31. The first-order valence-corrected chi connectivity index (χ1v) is 10.0. The van der Waals surface area contributed by atoms with E-state index in [1.54, 1.807) is 0 Å². The second kappa shape index (κ2) is 7.73. The Morgan fingerprint density at radius 1 is 1.07 bits per heavy atom. The molecule has 3 aliphatic rings. The highest BCUT2D eigenvalue weighted by Gasteiger charge is 2.45. The Hall–Kier alpha value is -2.33. The third-order valence-corrected chi connectivity index (χ3v) is 6.18. The van der Waals surface area contributed by atoms with Crippen molar-refractivity contribution < 1.29 is 14.0 Å². The number of quaternary nitrogens is 1. The molecule has 142 valence electrons. The molecule has 0 amide bonds. The SMILES string of the molecule is C[N+]12CCC(CC1)[C@@H](OC(=O)C(Cc1ccccc1)Nc1ccccc1)C2. The Kier molecular flexibility index (Phi) is 5.17. The Bertz CT molecular complexity index is 713. The zero-order chi connectivity index (χ0) is 18.7. The van der Waals surface area contributed by atoms with Crippen molar-refractivity contribution in [3.05, 3.63) is 66.2 Å². The minimum absolute atomic E-state index is 0.0563. The topological polar surface area (TPSA) is 38.3 Å². The average molecular weight is 365 g/mol. The van der Waals surface area contributed by atoms with Crippen LogP contribution in [-0.4, -0.2) is 49.3 Å². The fourth-order valence-electron chi connectivity index (χ4n) is 4.49. The van der Waals surface area contributed by atoms with Gasteiger partial charge in [-0.1, -0.05) is 48.5 Å². The quantitative estimate of drug-likeness (QED) is 0.629. The van der Waals surface area contributed by atoms with Crippen LogP contribution in [0.1, 0.15) is 18.4 Å². The molecule has 0 spiro atoms. The van der Waals surface area contributed by atoms with Crippen LogP contribution in [0, 0.1) is 5.92 Å². The third-order valence-electron chi connectivity index (χ3n) is 6.18. The van der Waals surface area contributed by atoms with Crippen LogP contribution < -0.4 is 5.32 Å². The van der Waals surface area contributed by atoms with E-state index in [9.17, 15) is 4.79 Å². The number of rotatable bonds is 6. The van der Waals surface area contributed by atoms with E-state index < -0.39 is 0 Å². The summed E-state index contributed by atoms with van der Waals surface area (Å²) in [7, 11) is 2.29. The van der Waals surface area contributed by atoms with Crippen molar-refractivity contribution in [2.45, 2.75) is 31.4 Å². The van der Waals surface area contributed by atoms with Gasteiger partial charge in [0, 0.05) is 30.9 Å². The van der Waals surface area contributed by atoms with Gasteiger partial charge in [0.1, 0.15) is 12.6 Å². The van der Waals surface area contributed by atoms with Gasteiger partial charge in [-0.15, -0.1) is 0 Å². The molecule has 4 heteroatoms. The smallest absolute Gasteiger partial charge is 0.329 e.